The fourth-order valence-corrected chi connectivity index (χ4v) is 4.04. The van der Waals surface area contributed by atoms with Gasteiger partial charge in [-0.2, -0.15) is 0 Å². The highest BCUT2D eigenvalue weighted by atomic mass is 19.4. The van der Waals surface area contributed by atoms with E-state index in [-0.39, 0.29) is 11.5 Å². The minimum Gasteiger partial charge on any atom is -0.406 e. The second kappa shape index (κ2) is 8.93. The van der Waals surface area contributed by atoms with Crippen LogP contribution in [0.15, 0.2) is 48.5 Å². The van der Waals surface area contributed by atoms with Gasteiger partial charge in [0.1, 0.15) is 17.8 Å². The summed E-state index contributed by atoms with van der Waals surface area (Å²) in [6.45, 7) is 1.39. The van der Waals surface area contributed by atoms with Gasteiger partial charge in [-0.1, -0.05) is 18.2 Å². The summed E-state index contributed by atoms with van der Waals surface area (Å²) in [7, 11) is 0. The third kappa shape index (κ3) is 5.05. The van der Waals surface area contributed by atoms with Crippen molar-refractivity contribution in [2.75, 3.05) is 23.3 Å². The third-order valence-electron chi connectivity index (χ3n) is 5.76. The Hall–Kier alpha value is -4.09. The number of anilines is 2. The number of rotatable bonds is 6. The number of alkyl halides is 3. The van der Waals surface area contributed by atoms with Crippen molar-refractivity contribution in [2.45, 2.75) is 31.7 Å². The van der Waals surface area contributed by atoms with Gasteiger partial charge < -0.3 is 20.3 Å². The molecule has 2 aliphatic rings. The van der Waals surface area contributed by atoms with E-state index < -0.39 is 42.0 Å². The molecule has 12 heteroatoms. The van der Waals surface area contributed by atoms with Crippen molar-refractivity contribution in [2.24, 2.45) is 0 Å². The van der Waals surface area contributed by atoms with Crippen LogP contribution in [0.5, 0.6) is 5.75 Å². The highest BCUT2D eigenvalue weighted by Gasteiger charge is 2.49. The summed E-state index contributed by atoms with van der Waals surface area (Å²) in [6, 6.07) is 10.4. The number of nitrogens with one attached hydrogen (secondary N) is 2. The SMILES string of the molecule is CC1(c2ccc(OC(F)(F)F)cc2)NC(=O)N(CC(=O)Nc2cccc(N3CCCC3=O)c2)C1=O. The zero-order valence-electron chi connectivity index (χ0n) is 18.5. The largest absolute Gasteiger partial charge is 0.573 e. The van der Waals surface area contributed by atoms with Crippen molar-refractivity contribution in [3.63, 3.8) is 0 Å². The molecule has 4 rings (SSSR count). The number of benzene rings is 2. The highest BCUT2D eigenvalue weighted by Crippen LogP contribution is 2.31. The summed E-state index contributed by atoms with van der Waals surface area (Å²) >= 11 is 0. The molecule has 0 spiro atoms. The summed E-state index contributed by atoms with van der Waals surface area (Å²) in [5.41, 5.74) is -0.339. The number of carbonyl (C=O) groups excluding carboxylic acids is 4. The van der Waals surface area contributed by atoms with Crippen molar-refractivity contribution < 1.29 is 37.1 Å². The monoisotopic (exact) mass is 490 g/mol. The number of nitrogens with zero attached hydrogens (tertiary/aromatic N) is 2. The zero-order valence-corrected chi connectivity index (χ0v) is 18.5. The summed E-state index contributed by atoms with van der Waals surface area (Å²) in [4.78, 5) is 52.4. The molecule has 0 bridgehead atoms. The molecular weight excluding hydrogens is 469 g/mol. The van der Waals surface area contributed by atoms with Crippen LogP contribution < -0.4 is 20.3 Å². The number of carbonyl (C=O) groups is 4. The minimum absolute atomic E-state index is 0.00917. The maximum absolute atomic E-state index is 13.0. The maximum Gasteiger partial charge on any atom is 0.573 e. The first-order valence-electron chi connectivity index (χ1n) is 10.7. The molecule has 0 aromatic heterocycles. The van der Waals surface area contributed by atoms with Gasteiger partial charge in [-0.15, -0.1) is 13.2 Å². The smallest absolute Gasteiger partial charge is 0.406 e. The molecule has 2 N–H and O–H groups in total. The van der Waals surface area contributed by atoms with Crippen LogP contribution in [0.4, 0.5) is 29.3 Å². The molecular formula is C23H21F3N4O5. The molecule has 2 aromatic carbocycles. The Kier molecular flexibility index (Phi) is 6.14. The van der Waals surface area contributed by atoms with E-state index in [4.69, 9.17) is 0 Å². The van der Waals surface area contributed by atoms with Gasteiger partial charge in [0, 0.05) is 24.3 Å². The number of urea groups is 1. The topological polar surface area (TPSA) is 108 Å². The van der Waals surface area contributed by atoms with E-state index in [1.54, 1.807) is 29.2 Å². The van der Waals surface area contributed by atoms with Crippen molar-refractivity contribution in [1.82, 2.24) is 10.2 Å². The number of halogens is 3. The molecule has 5 amide bonds. The lowest BCUT2D eigenvalue weighted by molar-refractivity contribution is -0.274. The van der Waals surface area contributed by atoms with Gasteiger partial charge in [0.15, 0.2) is 0 Å². The lowest BCUT2D eigenvalue weighted by Crippen LogP contribution is -2.42. The van der Waals surface area contributed by atoms with Crippen LogP contribution in [0.1, 0.15) is 25.3 Å². The van der Waals surface area contributed by atoms with E-state index in [1.165, 1.54) is 19.1 Å². The fraction of sp³-hybridized carbons (Fsp3) is 0.304. The first-order valence-corrected chi connectivity index (χ1v) is 10.7. The first kappa shape index (κ1) is 24.0. The van der Waals surface area contributed by atoms with Crippen LogP contribution in [0.3, 0.4) is 0 Å². The van der Waals surface area contributed by atoms with Gasteiger partial charge in [0.25, 0.3) is 5.91 Å². The van der Waals surface area contributed by atoms with Gasteiger partial charge in [-0.3, -0.25) is 19.3 Å². The van der Waals surface area contributed by atoms with Crippen molar-refractivity contribution >= 4 is 35.1 Å². The van der Waals surface area contributed by atoms with Gasteiger partial charge >= 0.3 is 12.4 Å². The summed E-state index contributed by atoms with van der Waals surface area (Å²) in [6.07, 6.45) is -3.66. The second-order valence-electron chi connectivity index (χ2n) is 8.27. The molecule has 2 fully saturated rings. The van der Waals surface area contributed by atoms with Crippen LogP contribution in [0.2, 0.25) is 0 Å². The molecule has 2 saturated heterocycles. The van der Waals surface area contributed by atoms with Crippen molar-refractivity contribution in [1.29, 1.82) is 0 Å². The Morgan fingerprint density at radius 3 is 2.49 bits per heavy atom. The fourth-order valence-electron chi connectivity index (χ4n) is 4.04. The Morgan fingerprint density at radius 1 is 1.14 bits per heavy atom. The number of hydrogen-bond donors (Lipinski definition) is 2. The van der Waals surface area contributed by atoms with Crippen LogP contribution in [0.25, 0.3) is 0 Å². The van der Waals surface area contributed by atoms with Crippen LogP contribution >= 0.6 is 0 Å². The minimum atomic E-state index is -4.86. The molecule has 2 aliphatic heterocycles. The predicted molar refractivity (Wildman–Crippen MR) is 117 cm³/mol. The molecule has 1 unspecified atom stereocenters. The molecule has 184 valence electrons. The Labute approximate surface area is 197 Å². The lowest BCUT2D eigenvalue weighted by Gasteiger charge is -2.22. The Morgan fingerprint density at radius 2 is 1.86 bits per heavy atom. The molecule has 0 saturated carbocycles. The molecule has 2 heterocycles. The number of hydrogen-bond acceptors (Lipinski definition) is 5. The van der Waals surface area contributed by atoms with E-state index in [1.807, 2.05) is 0 Å². The van der Waals surface area contributed by atoms with Crippen LogP contribution in [-0.4, -0.2) is 48.1 Å². The molecule has 2 aromatic rings. The second-order valence-corrected chi connectivity index (χ2v) is 8.27. The molecule has 35 heavy (non-hydrogen) atoms. The number of imide groups is 1. The van der Waals surface area contributed by atoms with E-state index in [2.05, 4.69) is 15.4 Å². The Bertz CT molecular complexity index is 1180. The molecule has 1 atom stereocenters. The normalized spacial score (nSPS) is 20.3. The van der Waals surface area contributed by atoms with E-state index in [0.29, 0.717) is 24.3 Å². The van der Waals surface area contributed by atoms with Gasteiger partial charge in [0.2, 0.25) is 11.8 Å². The maximum atomic E-state index is 13.0. The van der Waals surface area contributed by atoms with Gasteiger partial charge in [-0.05, 0) is 49.2 Å². The average Bonchev–Trinajstić information content (AvgIpc) is 3.30. The van der Waals surface area contributed by atoms with E-state index in [9.17, 15) is 32.3 Å². The third-order valence-corrected chi connectivity index (χ3v) is 5.76. The standard InChI is InChI=1S/C23H21F3N4O5/c1-22(14-7-9-17(10-8-14)35-23(24,25)26)20(33)30(21(34)28-22)13-18(31)27-15-4-2-5-16(12-15)29-11-3-6-19(29)32/h2,4-5,7-10,12H,3,6,11,13H2,1H3,(H,27,31)(H,28,34). The lowest BCUT2D eigenvalue weighted by atomic mass is 9.92. The number of ether oxygens (including phenoxy) is 1. The quantitative estimate of drug-likeness (QED) is 0.605. The summed E-state index contributed by atoms with van der Waals surface area (Å²) in [5, 5.41) is 5.10. The summed E-state index contributed by atoms with van der Waals surface area (Å²) in [5.74, 6) is -1.86. The van der Waals surface area contributed by atoms with Gasteiger partial charge in [-0.25, -0.2) is 4.79 Å². The first-order chi connectivity index (χ1) is 16.5. The van der Waals surface area contributed by atoms with Crippen LogP contribution in [0, 0.1) is 0 Å². The zero-order chi connectivity index (χ0) is 25.4. The number of amides is 5. The molecule has 9 nitrogen and oxygen atoms in total. The average molecular weight is 490 g/mol. The van der Waals surface area contributed by atoms with E-state index in [0.717, 1.165) is 23.5 Å². The van der Waals surface area contributed by atoms with Crippen molar-refractivity contribution in [3.05, 3.63) is 54.1 Å². The van der Waals surface area contributed by atoms with E-state index >= 15 is 0 Å². The molecule has 0 radical (unpaired) electrons. The molecule has 0 aliphatic carbocycles. The highest BCUT2D eigenvalue weighted by molar-refractivity contribution is 6.10. The predicted octanol–water partition coefficient (Wildman–Crippen LogP) is 3.12. The van der Waals surface area contributed by atoms with Gasteiger partial charge in [0.05, 0.1) is 0 Å². The van der Waals surface area contributed by atoms with Crippen molar-refractivity contribution in [3.8, 4) is 5.75 Å². The van der Waals surface area contributed by atoms with Crippen LogP contribution in [-0.2, 0) is 19.9 Å². The Balaban J connectivity index is 1.43. The summed E-state index contributed by atoms with van der Waals surface area (Å²) < 4.78 is 41.0.